The van der Waals surface area contributed by atoms with E-state index in [0.717, 1.165) is 26.0 Å². The van der Waals surface area contributed by atoms with E-state index in [2.05, 4.69) is 26.2 Å². The number of hydrogen-bond donors (Lipinski definition) is 1. The first kappa shape index (κ1) is 20.5. The van der Waals surface area contributed by atoms with Crippen LogP contribution in [0.5, 0.6) is 0 Å². The molecule has 0 saturated carbocycles. The van der Waals surface area contributed by atoms with Gasteiger partial charge in [0, 0.05) is 20.6 Å². The van der Waals surface area contributed by atoms with Gasteiger partial charge in [-0.25, -0.2) is 4.98 Å². The average molecular weight is 482 g/mol. The highest BCUT2D eigenvalue weighted by Gasteiger charge is 2.22. The molecule has 5 nitrogen and oxygen atoms in total. The Labute approximate surface area is 186 Å². The van der Waals surface area contributed by atoms with E-state index in [4.69, 9.17) is 0 Å². The van der Waals surface area contributed by atoms with Crippen molar-refractivity contribution in [2.75, 3.05) is 5.32 Å². The molecule has 0 aliphatic heterocycles. The fourth-order valence-corrected chi connectivity index (χ4v) is 4.63. The number of hydrogen-bond acceptors (Lipinski definition) is 4. The lowest BCUT2D eigenvalue weighted by molar-refractivity contribution is -0.118. The molecule has 1 unspecified atom stereocenters. The summed E-state index contributed by atoms with van der Waals surface area (Å²) in [6.07, 6.45) is 1.46. The Morgan fingerprint density at radius 2 is 1.77 bits per heavy atom. The van der Waals surface area contributed by atoms with Crippen molar-refractivity contribution in [1.29, 1.82) is 0 Å². The predicted octanol–water partition coefficient (Wildman–Crippen LogP) is 5.70. The van der Waals surface area contributed by atoms with E-state index in [9.17, 15) is 9.59 Å². The van der Waals surface area contributed by atoms with Crippen LogP contribution in [0.4, 0.5) is 5.69 Å². The molecule has 1 amide bonds. The molecule has 2 aromatic heterocycles. The van der Waals surface area contributed by atoms with Crippen LogP contribution in [0, 0.1) is 13.8 Å². The summed E-state index contributed by atoms with van der Waals surface area (Å²) in [6, 6.07) is 14.7. The first-order valence-electron chi connectivity index (χ1n) is 9.49. The topological polar surface area (TPSA) is 64.0 Å². The second-order valence-electron chi connectivity index (χ2n) is 7.21. The molecule has 30 heavy (non-hydrogen) atoms. The highest BCUT2D eigenvalue weighted by Crippen LogP contribution is 2.36. The van der Waals surface area contributed by atoms with E-state index < -0.39 is 6.04 Å². The second-order valence-corrected chi connectivity index (χ2v) is 9.33. The van der Waals surface area contributed by atoms with Crippen molar-refractivity contribution < 1.29 is 4.79 Å². The molecule has 0 radical (unpaired) electrons. The number of carbonyl (C=O) groups excluding carboxylic acids is 1. The smallest absolute Gasteiger partial charge is 0.263 e. The number of fused-ring (bicyclic) bond motifs is 1. The van der Waals surface area contributed by atoms with Gasteiger partial charge in [0.1, 0.15) is 10.9 Å². The maximum Gasteiger partial charge on any atom is 0.263 e. The molecule has 152 valence electrons. The lowest BCUT2D eigenvalue weighted by Crippen LogP contribution is -2.31. The maximum absolute atomic E-state index is 13.4. The molecule has 0 fully saturated rings. The molecule has 1 N–H and O–H groups in total. The van der Waals surface area contributed by atoms with Crippen LogP contribution < -0.4 is 10.9 Å². The summed E-state index contributed by atoms with van der Waals surface area (Å²) in [7, 11) is 0. The molecular weight excluding hydrogens is 462 g/mol. The fourth-order valence-electron chi connectivity index (χ4n) is 3.37. The molecule has 2 heterocycles. The number of nitrogens with one attached hydrogen (secondary N) is 1. The van der Waals surface area contributed by atoms with E-state index in [1.165, 1.54) is 22.2 Å². The van der Waals surface area contributed by atoms with E-state index in [0.29, 0.717) is 15.9 Å². The molecule has 2 aromatic carbocycles. The first-order valence-corrected chi connectivity index (χ1v) is 11.1. The predicted molar refractivity (Wildman–Crippen MR) is 126 cm³/mol. The Bertz CT molecular complexity index is 1290. The van der Waals surface area contributed by atoms with Crippen LogP contribution in [-0.2, 0) is 4.79 Å². The van der Waals surface area contributed by atoms with Gasteiger partial charge >= 0.3 is 0 Å². The Balaban J connectivity index is 1.74. The van der Waals surface area contributed by atoms with Gasteiger partial charge in [0.15, 0.2) is 0 Å². The number of benzene rings is 2. The van der Waals surface area contributed by atoms with Gasteiger partial charge in [-0.15, -0.1) is 11.3 Å². The number of amides is 1. The number of thiophene rings is 1. The summed E-state index contributed by atoms with van der Waals surface area (Å²) in [5.41, 5.74) is 3.42. The Kier molecular flexibility index (Phi) is 5.58. The number of aryl methyl sites for hydroxylation is 2. The van der Waals surface area contributed by atoms with Crippen molar-refractivity contribution >= 4 is 49.1 Å². The Hall–Kier alpha value is -2.77. The third-order valence-corrected chi connectivity index (χ3v) is 6.60. The molecule has 4 aromatic rings. The van der Waals surface area contributed by atoms with Gasteiger partial charge in [-0.05, 0) is 50.6 Å². The van der Waals surface area contributed by atoms with Crippen LogP contribution in [0.15, 0.2) is 64.1 Å². The van der Waals surface area contributed by atoms with Crippen LogP contribution in [0.1, 0.15) is 23.4 Å². The van der Waals surface area contributed by atoms with Crippen LogP contribution in [0.2, 0.25) is 0 Å². The second kappa shape index (κ2) is 8.16. The third-order valence-electron chi connectivity index (χ3n) is 5.06. The molecule has 0 aliphatic carbocycles. The van der Waals surface area contributed by atoms with Crippen molar-refractivity contribution in [2.45, 2.75) is 26.8 Å². The molecule has 0 spiro atoms. The van der Waals surface area contributed by atoms with Gasteiger partial charge in [0.25, 0.3) is 5.56 Å². The molecule has 4 rings (SSSR count). The fraction of sp³-hybridized carbons (Fsp3) is 0.174. The number of anilines is 1. The van der Waals surface area contributed by atoms with Crippen LogP contribution in [0.3, 0.4) is 0 Å². The first-order chi connectivity index (χ1) is 14.3. The van der Waals surface area contributed by atoms with Crippen LogP contribution in [0.25, 0.3) is 21.3 Å². The Morgan fingerprint density at radius 3 is 2.43 bits per heavy atom. The van der Waals surface area contributed by atoms with E-state index in [1.807, 2.05) is 62.4 Å². The van der Waals surface area contributed by atoms with Crippen molar-refractivity contribution in [3.8, 4) is 11.1 Å². The summed E-state index contributed by atoms with van der Waals surface area (Å²) in [5, 5.41) is 3.42. The van der Waals surface area contributed by atoms with Crippen molar-refractivity contribution in [3.05, 3.63) is 80.1 Å². The summed E-state index contributed by atoms with van der Waals surface area (Å²) in [5.74, 6) is -0.265. The van der Waals surface area contributed by atoms with E-state index in [-0.39, 0.29) is 11.5 Å². The number of carbonyl (C=O) groups is 1. The normalized spacial score (nSPS) is 12.1. The zero-order valence-electron chi connectivity index (χ0n) is 16.8. The zero-order chi connectivity index (χ0) is 21.4. The van der Waals surface area contributed by atoms with Crippen molar-refractivity contribution in [3.63, 3.8) is 0 Å². The van der Waals surface area contributed by atoms with Gasteiger partial charge in [-0.2, -0.15) is 0 Å². The molecule has 1 atom stereocenters. The van der Waals surface area contributed by atoms with Crippen LogP contribution >= 0.6 is 27.3 Å². The molecule has 7 heteroatoms. The summed E-state index contributed by atoms with van der Waals surface area (Å²) in [6.45, 7) is 5.68. The quantitative estimate of drug-likeness (QED) is 0.406. The minimum Gasteiger partial charge on any atom is -0.324 e. The van der Waals surface area contributed by atoms with E-state index >= 15 is 0 Å². The molecule has 0 aliphatic rings. The van der Waals surface area contributed by atoms with Gasteiger partial charge in [-0.3, -0.25) is 14.2 Å². The number of aromatic nitrogens is 2. The molecule has 0 saturated heterocycles. The molecule has 0 bridgehead atoms. The number of halogens is 1. The highest BCUT2D eigenvalue weighted by molar-refractivity contribution is 9.10. The zero-order valence-corrected chi connectivity index (χ0v) is 19.2. The standard InChI is InChI=1S/C23H20BrN3O2S/c1-13-4-10-18(11-5-13)26-21(28)14(2)27-12-25-22-20(23(27)29)19(15(3)30-22)16-6-8-17(24)9-7-16/h4-12,14H,1-3H3,(H,26,28). The van der Waals surface area contributed by atoms with Gasteiger partial charge in [0.2, 0.25) is 5.91 Å². The summed E-state index contributed by atoms with van der Waals surface area (Å²) < 4.78 is 2.38. The third kappa shape index (κ3) is 3.82. The minimum atomic E-state index is -0.700. The minimum absolute atomic E-state index is 0.214. The van der Waals surface area contributed by atoms with Crippen molar-refractivity contribution in [2.24, 2.45) is 0 Å². The van der Waals surface area contributed by atoms with Gasteiger partial charge in [-0.1, -0.05) is 45.8 Å². The lowest BCUT2D eigenvalue weighted by Gasteiger charge is -2.15. The largest absolute Gasteiger partial charge is 0.324 e. The lowest BCUT2D eigenvalue weighted by atomic mass is 10.0. The number of rotatable bonds is 4. The molecular formula is C23H20BrN3O2S. The Morgan fingerprint density at radius 1 is 1.10 bits per heavy atom. The van der Waals surface area contributed by atoms with Crippen LogP contribution in [-0.4, -0.2) is 15.5 Å². The van der Waals surface area contributed by atoms with Gasteiger partial charge in [0.05, 0.1) is 11.7 Å². The average Bonchev–Trinajstić information content (AvgIpc) is 3.07. The maximum atomic E-state index is 13.4. The summed E-state index contributed by atoms with van der Waals surface area (Å²) in [4.78, 5) is 32.3. The van der Waals surface area contributed by atoms with E-state index in [1.54, 1.807) is 6.92 Å². The van der Waals surface area contributed by atoms with Gasteiger partial charge < -0.3 is 5.32 Å². The highest BCUT2D eigenvalue weighted by atomic mass is 79.9. The number of nitrogens with zero attached hydrogens (tertiary/aromatic N) is 2. The van der Waals surface area contributed by atoms with Crippen molar-refractivity contribution in [1.82, 2.24) is 9.55 Å². The SMILES string of the molecule is Cc1ccc(NC(=O)C(C)n2cnc3sc(C)c(-c4ccc(Br)cc4)c3c2=O)cc1. The monoisotopic (exact) mass is 481 g/mol. The summed E-state index contributed by atoms with van der Waals surface area (Å²) >= 11 is 4.94.